The molecule has 1 aromatic heterocycles. The summed E-state index contributed by atoms with van der Waals surface area (Å²) in [5, 5.41) is 0.316. The number of carbonyl (C=O) groups excluding carboxylic acids is 2. The first-order valence-electron chi connectivity index (χ1n) is 11.5. The minimum Gasteiger partial charge on any atom is -0.454 e. The zero-order valence-corrected chi connectivity index (χ0v) is 19.5. The van der Waals surface area contributed by atoms with Crippen molar-refractivity contribution in [3.63, 3.8) is 0 Å². The minimum absolute atomic E-state index is 0.0175. The summed E-state index contributed by atoms with van der Waals surface area (Å²) in [5.41, 5.74) is -0.510. The van der Waals surface area contributed by atoms with E-state index in [-0.39, 0.29) is 25.4 Å². The molecule has 5 rings (SSSR count). The molecule has 3 aromatic carbocycles. The fraction of sp³-hybridized carbons (Fsp3) is 0.179. The number of nitrogens with zero attached hydrogens (tertiary/aromatic N) is 1. The summed E-state index contributed by atoms with van der Waals surface area (Å²) in [7, 11) is 0. The molecular weight excluding hydrogens is 462 g/mol. The van der Waals surface area contributed by atoms with Crippen LogP contribution in [0, 0.1) is 0 Å². The maximum Gasteiger partial charge on any atom is 0.361 e. The standard InChI is InChI=1S/C28H23NO7/c1-2-29-16-25(26(31)21-13-23-24(14-22(21)29)34-18-33-23)36-27(32)28(35-17-30,20-11-7-4-8-12-20)15-19-9-5-3-6-10-19/h3-14,16-17H,2,15,18H2,1H3. The molecule has 4 aromatic rings. The van der Waals surface area contributed by atoms with Gasteiger partial charge in [0.15, 0.2) is 17.2 Å². The Bertz CT molecular complexity index is 1480. The molecule has 2 heterocycles. The highest BCUT2D eigenvalue weighted by Crippen LogP contribution is 2.36. The fourth-order valence-electron chi connectivity index (χ4n) is 4.39. The Labute approximate surface area is 206 Å². The van der Waals surface area contributed by atoms with Gasteiger partial charge in [-0.05, 0) is 18.6 Å². The summed E-state index contributed by atoms with van der Waals surface area (Å²) in [6, 6.07) is 21.1. The topological polar surface area (TPSA) is 93.1 Å². The lowest BCUT2D eigenvalue weighted by molar-refractivity contribution is -0.170. The number of ether oxygens (including phenoxy) is 4. The van der Waals surface area contributed by atoms with Crippen molar-refractivity contribution in [1.82, 2.24) is 4.57 Å². The first-order chi connectivity index (χ1) is 17.6. The van der Waals surface area contributed by atoms with E-state index >= 15 is 0 Å². The van der Waals surface area contributed by atoms with Crippen LogP contribution in [0.25, 0.3) is 10.9 Å². The van der Waals surface area contributed by atoms with E-state index in [9.17, 15) is 14.4 Å². The van der Waals surface area contributed by atoms with Gasteiger partial charge in [0.25, 0.3) is 6.47 Å². The number of hydrogen-bond acceptors (Lipinski definition) is 7. The average molecular weight is 485 g/mol. The number of fused-ring (bicyclic) bond motifs is 2. The SMILES string of the molecule is CCn1cc(OC(=O)C(Cc2ccccc2)(OC=O)c2ccccc2)c(=O)c2cc3c(cc21)OCO3. The lowest BCUT2D eigenvalue weighted by Crippen LogP contribution is -2.44. The number of aryl methyl sites for hydroxylation is 1. The molecular formula is C28H23NO7. The lowest BCUT2D eigenvalue weighted by Gasteiger charge is -2.30. The molecule has 0 saturated heterocycles. The van der Waals surface area contributed by atoms with Crippen LogP contribution in [0.2, 0.25) is 0 Å². The molecule has 0 fully saturated rings. The fourth-order valence-corrected chi connectivity index (χ4v) is 4.39. The van der Waals surface area contributed by atoms with Gasteiger partial charge in [0, 0.05) is 24.6 Å². The smallest absolute Gasteiger partial charge is 0.361 e. The van der Waals surface area contributed by atoms with E-state index in [0.29, 0.717) is 34.5 Å². The van der Waals surface area contributed by atoms with Gasteiger partial charge in [0.2, 0.25) is 17.8 Å². The Hall–Kier alpha value is -4.59. The Kier molecular flexibility index (Phi) is 6.16. The van der Waals surface area contributed by atoms with Crippen LogP contribution in [-0.2, 0) is 32.9 Å². The lowest BCUT2D eigenvalue weighted by atomic mass is 9.87. The predicted molar refractivity (Wildman–Crippen MR) is 131 cm³/mol. The van der Waals surface area contributed by atoms with Crippen LogP contribution in [-0.4, -0.2) is 23.8 Å². The third kappa shape index (κ3) is 4.07. The maximum absolute atomic E-state index is 13.8. The number of aromatic nitrogens is 1. The zero-order chi connectivity index (χ0) is 25.1. The van der Waals surface area contributed by atoms with E-state index in [1.165, 1.54) is 6.20 Å². The van der Waals surface area contributed by atoms with Crippen LogP contribution < -0.4 is 19.6 Å². The van der Waals surface area contributed by atoms with Crippen molar-refractivity contribution in [2.24, 2.45) is 0 Å². The van der Waals surface area contributed by atoms with E-state index in [1.54, 1.807) is 47.0 Å². The molecule has 8 heteroatoms. The third-order valence-electron chi connectivity index (χ3n) is 6.20. The van der Waals surface area contributed by atoms with Crippen LogP contribution in [0.3, 0.4) is 0 Å². The van der Waals surface area contributed by atoms with E-state index in [1.807, 2.05) is 37.3 Å². The van der Waals surface area contributed by atoms with Gasteiger partial charge in [-0.3, -0.25) is 9.59 Å². The molecule has 0 N–H and O–H groups in total. The molecule has 0 spiro atoms. The monoisotopic (exact) mass is 485 g/mol. The Morgan fingerprint density at radius 2 is 1.69 bits per heavy atom. The van der Waals surface area contributed by atoms with Crippen molar-refractivity contribution in [3.8, 4) is 17.2 Å². The average Bonchev–Trinajstić information content (AvgIpc) is 3.38. The maximum atomic E-state index is 13.8. The molecule has 1 unspecified atom stereocenters. The van der Waals surface area contributed by atoms with E-state index in [4.69, 9.17) is 18.9 Å². The second-order valence-electron chi connectivity index (χ2n) is 8.29. The highest BCUT2D eigenvalue weighted by molar-refractivity contribution is 5.88. The van der Waals surface area contributed by atoms with Gasteiger partial charge in [-0.2, -0.15) is 0 Å². The van der Waals surface area contributed by atoms with Crippen molar-refractivity contribution in [2.75, 3.05) is 6.79 Å². The second-order valence-corrected chi connectivity index (χ2v) is 8.29. The van der Waals surface area contributed by atoms with Gasteiger partial charge in [-0.1, -0.05) is 60.7 Å². The van der Waals surface area contributed by atoms with Gasteiger partial charge >= 0.3 is 5.97 Å². The second kappa shape index (κ2) is 9.58. The van der Waals surface area contributed by atoms with Crippen LogP contribution in [0.1, 0.15) is 18.1 Å². The molecule has 182 valence electrons. The van der Waals surface area contributed by atoms with Gasteiger partial charge in [0.1, 0.15) is 0 Å². The van der Waals surface area contributed by atoms with Crippen LogP contribution in [0.4, 0.5) is 0 Å². The number of hydrogen-bond donors (Lipinski definition) is 0. The van der Waals surface area contributed by atoms with Crippen LogP contribution >= 0.6 is 0 Å². The summed E-state index contributed by atoms with van der Waals surface area (Å²) in [6.07, 6.45) is 1.49. The Morgan fingerprint density at radius 1 is 1.03 bits per heavy atom. The van der Waals surface area contributed by atoms with E-state index < -0.39 is 17.0 Å². The largest absolute Gasteiger partial charge is 0.454 e. The summed E-state index contributed by atoms with van der Waals surface area (Å²) in [4.78, 5) is 38.9. The molecule has 1 aliphatic rings. The van der Waals surface area contributed by atoms with E-state index in [2.05, 4.69) is 0 Å². The molecule has 1 atom stereocenters. The molecule has 0 radical (unpaired) electrons. The molecule has 8 nitrogen and oxygen atoms in total. The minimum atomic E-state index is -1.81. The Morgan fingerprint density at radius 3 is 2.36 bits per heavy atom. The van der Waals surface area contributed by atoms with Crippen molar-refractivity contribution in [3.05, 3.63) is 100 Å². The predicted octanol–water partition coefficient (Wildman–Crippen LogP) is 3.97. The molecule has 0 saturated carbocycles. The molecule has 36 heavy (non-hydrogen) atoms. The number of benzene rings is 3. The van der Waals surface area contributed by atoms with Crippen LogP contribution in [0.5, 0.6) is 17.2 Å². The van der Waals surface area contributed by atoms with Crippen molar-refractivity contribution in [2.45, 2.75) is 25.5 Å². The number of rotatable bonds is 8. The quantitative estimate of drug-likeness (QED) is 0.275. The van der Waals surface area contributed by atoms with E-state index in [0.717, 1.165) is 5.56 Å². The summed E-state index contributed by atoms with van der Waals surface area (Å²) >= 11 is 0. The van der Waals surface area contributed by atoms with Gasteiger partial charge in [0.05, 0.1) is 17.1 Å². The molecule has 1 aliphatic heterocycles. The van der Waals surface area contributed by atoms with Crippen molar-refractivity contribution >= 4 is 23.3 Å². The highest BCUT2D eigenvalue weighted by atomic mass is 16.7. The zero-order valence-electron chi connectivity index (χ0n) is 19.5. The third-order valence-corrected chi connectivity index (χ3v) is 6.20. The number of pyridine rings is 1. The molecule has 0 amide bonds. The molecule has 0 aliphatic carbocycles. The summed E-state index contributed by atoms with van der Waals surface area (Å²) < 4.78 is 23.9. The van der Waals surface area contributed by atoms with Crippen molar-refractivity contribution in [1.29, 1.82) is 0 Å². The van der Waals surface area contributed by atoms with Crippen LogP contribution in [0.15, 0.2) is 83.8 Å². The number of carbonyl (C=O) groups is 2. The summed E-state index contributed by atoms with van der Waals surface area (Å²) in [6.45, 7) is 2.69. The first kappa shape index (κ1) is 23.2. The normalized spacial score (nSPS) is 13.7. The Balaban J connectivity index is 1.62. The summed E-state index contributed by atoms with van der Waals surface area (Å²) in [5.74, 6) is -0.0857. The molecule has 0 bridgehead atoms. The highest BCUT2D eigenvalue weighted by Gasteiger charge is 2.45. The van der Waals surface area contributed by atoms with Gasteiger partial charge in [-0.25, -0.2) is 4.79 Å². The first-order valence-corrected chi connectivity index (χ1v) is 11.5. The number of esters is 1. The van der Waals surface area contributed by atoms with Gasteiger partial charge < -0.3 is 23.5 Å². The van der Waals surface area contributed by atoms with Crippen molar-refractivity contribution < 1.29 is 28.5 Å². The van der Waals surface area contributed by atoms with Gasteiger partial charge in [-0.15, -0.1) is 0 Å².